The quantitative estimate of drug-likeness (QED) is 0.494. The zero-order valence-electron chi connectivity index (χ0n) is 18.3. The fraction of sp³-hybridized carbons (Fsp3) is 0.304. The van der Waals surface area contributed by atoms with Gasteiger partial charge in [-0.3, -0.25) is 10.7 Å². The molecule has 0 saturated carbocycles. The molecule has 1 saturated heterocycles. The van der Waals surface area contributed by atoms with E-state index < -0.39 is 24.2 Å². The highest BCUT2D eigenvalue weighted by molar-refractivity contribution is 5.88. The summed E-state index contributed by atoms with van der Waals surface area (Å²) in [5.74, 6) is -2.69. The molecular weight excluding hydrogens is 428 g/mol. The number of nitrogens with zero attached hydrogens (tertiary/aromatic N) is 4. The van der Waals surface area contributed by atoms with Crippen molar-refractivity contribution in [2.24, 2.45) is 0 Å². The summed E-state index contributed by atoms with van der Waals surface area (Å²) >= 11 is 0. The number of aryl methyl sites for hydroxylation is 2. The summed E-state index contributed by atoms with van der Waals surface area (Å²) in [5.41, 5.74) is 10.9. The van der Waals surface area contributed by atoms with Gasteiger partial charge in [-0.15, -0.1) is 9.50 Å². The van der Waals surface area contributed by atoms with Crippen LogP contribution in [-0.4, -0.2) is 37.7 Å². The molecule has 3 aromatic heterocycles. The average molecular weight is 452 g/mol. The monoisotopic (exact) mass is 452 g/mol. The van der Waals surface area contributed by atoms with Crippen LogP contribution in [0.3, 0.4) is 0 Å². The molecule has 0 amide bonds. The summed E-state index contributed by atoms with van der Waals surface area (Å²) in [7, 11) is 0. The molecule has 10 heteroatoms. The Morgan fingerprint density at radius 1 is 1.18 bits per heavy atom. The molecule has 170 valence electrons. The predicted octanol–water partition coefficient (Wildman–Crippen LogP) is 2.24. The Bertz CT molecular complexity index is 1390. The van der Waals surface area contributed by atoms with Gasteiger partial charge in [0.05, 0.1) is 18.7 Å². The van der Waals surface area contributed by atoms with Crippen LogP contribution in [0, 0.1) is 13.8 Å². The molecule has 4 heterocycles. The Balaban J connectivity index is 1.75. The van der Waals surface area contributed by atoms with E-state index in [1.54, 1.807) is 0 Å². The van der Waals surface area contributed by atoms with E-state index in [1.165, 1.54) is 9.08 Å². The van der Waals surface area contributed by atoms with Crippen molar-refractivity contribution in [3.8, 4) is 22.4 Å². The number of H-pyrrole nitrogens is 1. The van der Waals surface area contributed by atoms with Gasteiger partial charge in [-0.2, -0.15) is 4.68 Å². The molecule has 4 aromatic rings. The minimum atomic E-state index is -2.79. The topological polar surface area (TPSA) is 104 Å². The van der Waals surface area contributed by atoms with Crippen LogP contribution in [-0.2, 0) is 6.54 Å². The third kappa shape index (κ3) is 3.86. The first-order valence-corrected chi connectivity index (χ1v) is 10.7. The van der Waals surface area contributed by atoms with Crippen LogP contribution in [0.15, 0.2) is 47.3 Å². The predicted molar refractivity (Wildman–Crippen MR) is 120 cm³/mol. The second kappa shape index (κ2) is 7.73. The number of nitrogens with one attached hydrogen (secondary N) is 2. The first kappa shape index (κ1) is 21.2. The second-order valence-electron chi connectivity index (χ2n) is 8.53. The second-order valence-corrected chi connectivity index (χ2v) is 8.53. The Kier molecular flexibility index (Phi) is 4.97. The van der Waals surface area contributed by atoms with Gasteiger partial charge in [0.2, 0.25) is 5.65 Å². The van der Waals surface area contributed by atoms with Crippen molar-refractivity contribution in [3.63, 3.8) is 0 Å². The van der Waals surface area contributed by atoms with E-state index in [4.69, 9.17) is 5.73 Å². The lowest BCUT2D eigenvalue weighted by atomic mass is 9.99. The lowest BCUT2D eigenvalue weighted by Gasteiger charge is -2.10. The number of hydrogen-bond acceptors (Lipinski definition) is 5. The van der Waals surface area contributed by atoms with Crippen LogP contribution >= 0.6 is 0 Å². The number of nitrogen functional groups attached to an aromatic ring is 1. The zero-order chi connectivity index (χ0) is 23.3. The Morgan fingerprint density at radius 2 is 1.88 bits per heavy atom. The van der Waals surface area contributed by atoms with Crippen LogP contribution in [0.4, 0.5) is 14.7 Å². The molecule has 8 nitrogen and oxygen atoms in total. The molecule has 0 spiro atoms. The molecule has 0 bridgehead atoms. The fourth-order valence-electron chi connectivity index (χ4n) is 4.47. The van der Waals surface area contributed by atoms with Crippen LogP contribution in [0.5, 0.6) is 0 Å². The number of benzene rings is 1. The Labute approximate surface area is 188 Å². The van der Waals surface area contributed by atoms with E-state index in [2.05, 4.69) is 20.4 Å². The van der Waals surface area contributed by atoms with Gasteiger partial charge in [-0.25, -0.2) is 18.6 Å². The van der Waals surface area contributed by atoms with Gasteiger partial charge < -0.3 is 5.32 Å². The van der Waals surface area contributed by atoms with Crippen LogP contribution in [0.1, 0.15) is 17.8 Å². The number of aromatic nitrogens is 5. The highest BCUT2D eigenvalue weighted by atomic mass is 19.3. The summed E-state index contributed by atoms with van der Waals surface area (Å²) in [5, 5.41) is 7.34. The lowest BCUT2D eigenvalue weighted by molar-refractivity contribution is -0.351. The van der Waals surface area contributed by atoms with Gasteiger partial charge in [-0.1, -0.05) is 30.3 Å². The summed E-state index contributed by atoms with van der Waals surface area (Å²) in [4.78, 5) is 20.8. The van der Waals surface area contributed by atoms with E-state index >= 15 is 0 Å². The van der Waals surface area contributed by atoms with Crippen molar-refractivity contribution < 1.29 is 13.8 Å². The maximum atomic E-state index is 13.7. The Hall–Kier alpha value is -3.66. The van der Waals surface area contributed by atoms with Crippen molar-refractivity contribution in [1.82, 2.24) is 24.5 Å². The Morgan fingerprint density at radius 3 is 2.52 bits per heavy atom. The molecule has 1 fully saturated rings. The van der Waals surface area contributed by atoms with Gasteiger partial charge >= 0.3 is 11.6 Å². The fourth-order valence-corrected chi connectivity index (χ4v) is 4.47. The summed E-state index contributed by atoms with van der Waals surface area (Å²) in [6.45, 7) is 3.40. The summed E-state index contributed by atoms with van der Waals surface area (Å²) < 4.78 is 29.8. The summed E-state index contributed by atoms with van der Waals surface area (Å²) in [6, 6.07) is 12.9. The van der Waals surface area contributed by atoms with Crippen LogP contribution in [0.2, 0.25) is 0 Å². The number of halogens is 2. The van der Waals surface area contributed by atoms with Crippen molar-refractivity contribution in [3.05, 3.63) is 64.3 Å². The molecular formula is C23H24F2N7O+. The molecule has 1 atom stereocenters. The molecule has 0 unspecified atom stereocenters. The minimum Gasteiger partial charge on any atom is -0.306 e. The molecule has 1 aliphatic heterocycles. The van der Waals surface area contributed by atoms with Crippen LogP contribution < -0.4 is 21.7 Å². The number of nitrogens with two attached hydrogens (primary N) is 1. The standard InChI is InChI=1S/C23H23F2N7O/c1-13-8-16(9-14(2)28-13)18-19(15-6-4-3-5-7-15)29-21(26)32-20(18)30-31(22(32)33)11-17-10-23(24,25)12-27-17/h3-9,17,27H,10-12H2,1-2H3,(H2,26,29)/p+1/t17-/m1/s1. The normalized spacial score (nSPS) is 17.6. The van der Waals surface area contributed by atoms with E-state index in [-0.39, 0.29) is 18.9 Å². The highest BCUT2D eigenvalue weighted by Crippen LogP contribution is 2.33. The molecule has 4 N–H and O–H groups in total. The maximum absolute atomic E-state index is 13.7. The molecule has 1 aliphatic rings. The van der Waals surface area contributed by atoms with Crippen LogP contribution in [0.25, 0.3) is 28.0 Å². The van der Waals surface area contributed by atoms with Gasteiger partial charge in [-0.05, 0) is 31.5 Å². The van der Waals surface area contributed by atoms with Crippen molar-refractivity contribution >= 4 is 11.6 Å². The lowest BCUT2D eigenvalue weighted by Crippen LogP contribution is -2.33. The van der Waals surface area contributed by atoms with E-state index in [9.17, 15) is 13.6 Å². The van der Waals surface area contributed by atoms with Gasteiger partial charge in [0.15, 0.2) is 0 Å². The number of rotatable bonds is 4. The molecule has 0 aliphatic carbocycles. The molecule has 0 radical (unpaired) electrons. The van der Waals surface area contributed by atoms with Gasteiger partial charge in [0, 0.05) is 29.4 Å². The number of fused-ring (bicyclic) bond motifs is 1. The molecule has 33 heavy (non-hydrogen) atoms. The first-order valence-electron chi connectivity index (χ1n) is 10.7. The number of alkyl halides is 2. The highest BCUT2D eigenvalue weighted by Gasteiger charge is 2.40. The zero-order valence-corrected chi connectivity index (χ0v) is 18.3. The van der Waals surface area contributed by atoms with Crippen molar-refractivity contribution in [2.45, 2.75) is 38.8 Å². The SMILES string of the molecule is Cc1cc(-c2c(-c3ccccc3)[nH+]c(N)n3c(=O)n(C[C@H]4CC(F)(F)CN4)nc23)cc(C)n1. The number of hydrogen-bond donors (Lipinski definition) is 2. The number of aromatic amines is 1. The van der Waals surface area contributed by atoms with Crippen molar-refractivity contribution in [1.29, 1.82) is 0 Å². The third-order valence-corrected chi connectivity index (χ3v) is 5.83. The average Bonchev–Trinajstić information content (AvgIpc) is 3.27. The molecule has 5 rings (SSSR count). The molecule has 1 aromatic carbocycles. The van der Waals surface area contributed by atoms with Gasteiger partial charge in [0.25, 0.3) is 5.92 Å². The van der Waals surface area contributed by atoms with E-state index in [0.29, 0.717) is 16.9 Å². The minimum absolute atomic E-state index is 0.0179. The smallest absolute Gasteiger partial charge is 0.306 e. The maximum Gasteiger partial charge on any atom is 0.411 e. The summed E-state index contributed by atoms with van der Waals surface area (Å²) in [6.07, 6.45) is -0.347. The van der Waals surface area contributed by atoms with E-state index in [1.807, 2.05) is 56.3 Å². The van der Waals surface area contributed by atoms with E-state index in [0.717, 1.165) is 22.5 Å². The number of anilines is 1. The third-order valence-electron chi connectivity index (χ3n) is 5.83. The first-order chi connectivity index (χ1) is 15.7. The number of pyridine rings is 1. The van der Waals surface area contributed by atoms with Crippen molar-refractivity contribution in [2.75, 3.05) is 12.3 Å². The largest absolute Gasteiger partial charge is 0.411 e. The van der Waals surface area contributed by atoms with Gasteiger partial charge in [0.1, 0.15) is 5.69 Å².